The fourth-order valence-electron chi connectivity index (χ4n) is 1.99. The van der Waals surface area contributed by atoms with Gasteiger partial charge in [-0.3, -0.25) is 9.59 Å². The van der Waals surface area contributed by atoms with E-state index in [1.165, 1.54) is 0 Å². The second-order valence-corrected chi connectivity index (χ2v) is 4.86. The van der Waals surface area contributed by atoms with Gasteiger partial charge in [0.2, 0.25) is 5.91 Å². The molecule has 120 valence electrons. The minimum absolute atomic E-state index is 0.162. The van der Waals surface area contributed by atoms with Crippen molar-refractivity contribution in [2.24, 2.45) is 5.73 Å². The van der Waals surface area contributed by atoms with Crippen molar-refractivity contribution in [1.82, 2.24) is 0 Å². The van der Waals surface area contributed by atoms with Crippen molar-refractivity contribution in [2.75, 3.05) is 19.0 Å². The number of rotatable bonds is 7. The van der Waals surface area contributed by atoms with Gasteiger partial charge in [-0.1, -0.05) is 18.2 Å². The molecule has 0 atom stereocenters. The fraction of sp³-hybridized carbons (Fsp3) is 0.176. The molecule has 0 saturated carbocycles. The van der Waals surface area contributed by atoms with Crippen molar-refractivity contribution in [3.05, 3.63) is 54.1 Å². The van der Waals surface area contributed by atoms with Crippen LogP contribution in [-0.4, -0.2) is 25.5 Å². The van der Waals surface area contributed by atoms with Gasteiger partial charge in [-0.2, -0.15) is 0 Å². The molecule has 2 aromatic rings. The van der Waals surface area contributed by atoms with Crippen molar-refractivity contribution in [1.29, 1.82) is 0 Å². The van der Waals surface area contributed by atoms with E-state index in [4.69, 9.17) is 15.2 Å². The molecule has 0 fully saturated rings. The average molecular weight is 314 g/mol. The number of nitrogens with one attached hydrogen (secondary N) is 1. The molecule has 0 aliphatic rings. The number of anilines is 1. The Morgan fingerprint density at radius 3 is 2.57 bits per heavy atom. The summed E-state index contributed by atoms with van der Waals surface area (Å²) in [6, 6.07) is 14.1. The first kappa shape index (κ1) is 16.4. The highest BCUT2D eigenvalue weighted by Crippen LogP contribution is 2.18. The van der Waals surface area contributed by atoms with Gasteiger partial charge in [-0.15, -0.1) is 0 Å². The van der Waals surface area contributed by atoms with Crippen molar-refractivity contribution in [3.63, 3.8) is 0 Å². The zero-order valence-electron chi connectivity index (χ0n) is 12.7. The summed E-state index contributed by atoms with van der Waals surface area (Å²) in [6.07, 6.45) is 0.226. The van der Waals surface area contributed by atoms with Gasteiger partial charge in [-0.25, -0.2) is 0 Å². The average Bonchev–Trinajstić information content (AvgIpc) is 2.53. The van der Waals surface area contributed by atoms with Gasteiger partial charge < -0.3 is 20.5 Å². The summed E-state index contributed by atoms with van der Waals surface area (Å²) in [5, 5.41) is 2.78. The molecular weight excluding hydrogens is 296 g/mol. The van der Waals surface area contributed by atoms with Crippen molar-refractivity contribution >= 4 is 17.5 Å². The Balaban J connectivity index is 1.96. The topological polar surface area (TPSA) is 90.7 Å². The number of carbonyl (C=O) groups excluding carboxylic acids is 2. The molecule has 0 saturated heterocycles. The lowest BCUT2D eigenvalue weighted by molar-refractivity contribution is -0.120. The number of nitrogens with two attached hydrogens (primary N) is 1. The molecule has 0 aliphatic heterocycles. The summed E-state index contributed by atoms with van der Waals surface area (Å²) in [6.45, 7) is -0.207. The first-order valence-corrected chi connectivity index (χ1v) is 7.01. The van der Waals surface area contributed by atoms with Crippen LogP contribution >= 0.6 is 0 Å². The number of methoxy groups -OCH3 is 1. The normalized spacial score (nSPS) is 9.96. The SMILES string of the molecule is COc1cccc(CC(=O)Nc2cccc(OCC(N)=O)c2)c1. The Kier molecular flexibility index (Phi) is 5.57. The molecule has 2 rings (SSSR count). The molecule has 0 aliphatic carbocycles. The fourth-order valence-corrected chi connectivity index (χ4v) is 1.99. The number of primary amides is 1. The van der Waals surface area contributed by atoms with E-state index in [9.17, 15) is 9.59 Å². The van der Waals surface area contributed by atoms with Gasteiger partial charge in [0, 0.05) is 11.8 Å². The molecule has 0 aromatic heterocycles. The lowest BCUT2D eigenvalue weighted by Gasteiger charge is -2.09. The third kappa shape index (κ3) is 5.35. The maximum Gasteiger partial charge on any atom is 0.255 e. The highest BCUT2D eigenvalue weighted by atomic mass is 16.5. The predicted octanol–water partition coefficient (Wildman–Crippen LogP) is 1.74. The van der Waals surface area contributed by atoms with Crippen molar-refractivity contribution in [3.8, 4) is 11.5 Å². The van der Waals surface area contributed by atoms with Gasteiger partial charge in [0.25, 0.3) is 5.91 Å². The van der Waals surface area contributed by atoms with Crippen LogP contribution in [0.25, 0.3) is 0 Å². The highest BCUT2D eigenvalue weighted by Gasteiger charge is 2.06. The van der Waals surface area contributed by atoms with Crippen LogP contribution in [0, 0.1) is 0 Å². The second-order valence-electron chi connectivity index (χ2n) is 4.86. The Hall–Kier alpha value is -3.02. The summed E-state index contributed by atoms with van der Waals surface area (Å²) in [5.74, 6) is 0.447. The summed E-state index contributed by atoms with van der Waals surface area (Å²) < 4.78 is 10.3. The minimum Gasteiger partial charge on any atom is -0.497 e. The van der Waals surface area contributed by atoms with Crippen LogP contribution in [0.2, 0.25) is 0 Å². The highest BCUT2D eigenvalue weighted by molar-refractivity contribution is 5.92. The van der Waals surface area contributed by atoms with E-state index in [1.807, 2.05) is 24.3 Å². The molecule has 6 nitrogen and oxygen atoms in total. The molecule has 0 heterocycles. The standard InChI is InChI=1S/C17H18N2O4/c1-22-14-6-2-4-12(8-14)9-17(21)19-13-5-3-7-15(10-13)23-11-16(18)20/h2-8,10H,9,11H2,1H3,(H2,18,20)(H,19,21). The van der Waals surface area contributed by atoms with Gasteiger partial charge in [0.1, 0.15) is 11.5 Å². The van der Waals surface area contributed by atoms with Crippen LogP contribution in [0.5, 0.6) is 11.5 Å². The van der Waals surface area contributed by atoms with Crippen molar-refractivity contribution in [2.45, 2.75) is 6.42 Å². The summed E-state index contributed by atoms with van der Waals surface area (Å²) in [7, 11) is 1.58. The molecule has 6 heteroatoms. The molecule has 0 unspecified atom stereocenters. The van der Waals surface area contributed by atoms with Gasteiger partial charge in [0.05, 0.1) is 13.5 Å². The smallest absolute Gasteiger partial charge is 0.255 e. The lowest BCUT2D eigenvalue weighted by Crippen LogP contribution is -2.20. The molecule has 0 bridgehead atoms. The van der Waals surface area contributed by atoms with Gasteiger partial charge in [-0.05, 0) is 29.8 Å². The molecule has 3 N–H and O–H groups in total. The van der Waals surface area contributed by atoms with E-state index in [2.05, 4.69) is 5.32 Å². The molecule has 2 aromatic carbocycles. The number of carbonyl (C=O) groups is 2. The van der Waals surface area contributed by atoms with Crippen LogP contribution in [0.15, 0.2) is 48.5 Å². The minimum atomic E-state index is -0.558. The van der Waals surface area contributed by atoms with Gasteiger partial charge >= 0.3 is 0 Å². The number of hydrogen-bond acceptors (Lipinski definition) is 4. The first-order valence-electron chi connectivity index (χ1n) is 7.01. The number of benzene rings is 2. The molecule has 0 spiro atoms. The quantitative estimate of drug-likeness (QED) is 0.814. The van der Waals surface area contributed by atoms with Gasteiger partial charge in [0.15, 0.2) is 6.61 Å². The molecule has 2 amide bonds. The maximum atomic E-state index is 12.1. The van der Waals surface area contributed by atoms with Crippen LogP contribution in [-0.2, 0) is 16.0 Å². The third-order valence-electron chi connectivity index (χ3n) is 3.00. The van der Waals surface area contributed by atoms with E-state index in [-0.39, 0.29) is 18.9 Å². The zero-order valence-corrected chi connectivity index (χ0v) is 12.7. The number of ether oxygens (including phenoxy) is 2. The Labute approximate surface area is 134 Å². The second kappa shape index (κ2) is 7.84. The Bertz CT molecular complexity index is 700. The van der Waals surface area contributed by atoms with E-state index in [1.54, 1.807) is 31.4 Å². The summed E-state index contributed by atoms with van der Waals surface area (Å²) in [4.78, 5) is 22.8. The lowest BCUT2D eigenvalue weighted by atomic mass is 10.1. The Morgan fingerprint density at radius 2 is 1.83 bits per heavy atom. The Morgan fingerprint density at radius 1 is 1.09 bits per heavy atom. The maximum absolute atomic E-state index is 12.1. The monoisotopic (exact) mass is 314 g/mol. The van der Waals surface area contributed by atoms with Crippen LogP contribution < -0.4 is 20.5 Å². The van der Waals surface area contributed by atoms with E-state index in [0.717, 1.165) is 5.56 Å². The zero-order chi connectivity index (χ0) is 16.7. The van der Waals surface area contributed by atoms with Crippen molar-refractivity contribution < 1.29 is 19.1 Å². The number of amides is 2. The van der Waals surface area contributed by atoms with Crippen LogP contribution in [0.4, 0.5) is 5.69 Å². The third-order valence-corrected chi connectivity index (χ3v) is 3.00. The van der Waals surface area contributed by atoms with Crippen LogP contribution in [0.3, 0.4) is 0 Å². The molecular formula is C17H18N2O4. The largest absolute Gasteiger partial charge is 0.497 e. The first-order chi connectivity index (χ1) is 11.1. The number of hydrogen-bond donors (Lipinski definition) is 2. The molecule has 0 radical (unpaired) electrons. The van der Waals surface area contributed by atoms with E-state index >= 15 is 0 Å². The summed E-state index contributed by atoms with van der Waals surface area (Å²) >= 11 is 0. The van der Waals surface area contributed by atoms with Crippen LogP contribution in [0.1, 0.15) is 5.56 Å². The summed E-state index contributed by atoms with van der Waals surface area (Å²) in [5.41, 5.74) is 6.46. The van der Waals surface area contributed by atoms with E-state index in [0.29, 0.717) is 17.2 Å². The molecule has 23 heavy (non-hydrogen) atoms. The predicted molar refractivity (Wildman–Crippen MR) is 86.5 cm³/mol. The van der Waals surface area contributed by atoms with E-state index < -0.39 is 5.91 Å².